The van der Waals surface area contributed by atoms with E-state index in [0.717, 1.165) is 57.3 Å². The van der Waals surface area contributed by atoms with Crippen LogP contribution in [0.15, 0.2) is 42.5 Å². The lowest BCUT2D eigenvalue weighted by Gasteiger charge is -2.34. The van der Waals surface area contributed by atoms with Crippen LogP contribution in [0, 0.1) is 20.8 Å². The van der Waals surface area contributed by atoms with Gasteiger partial charge in [0.1, 0.15) is 11.3 Å². The van der Waals surface area contributed by atoms with Crippen LogP contribution in [0.3, 0.4) is 0 Å². The molecule has 0 N–H and O–H groups in total. The molecule has 0 saturated heterocycles. The summed E-state index contributed by atoms with van der Waals surface area (Å²) < 4.78 is 47.5. The molecule has 2 unspecified atom stereocenters. The fourth-order valence-corrected chi connectivity index (χ4v) is 7.76. The number of hydrogen-bond acceptors (Lipinski definition) is 8. The predicted molar refractivity (Wildman–Crippen MR) is 166 cm³/mol. The number of ether oxygens (including phenoxy) is 2. The van der Waals surface area contributed by atoms with E-state index in [2.05, 4.69) is 10.3 Å². The molecule has 0 fully saturated rings. The van der Waals surface area contributed by atoms with E-state index < -0.39 is 16.3 Å². The Morgan fingerprint density at radius 1 is 1.05 bits per heavy atom. The van der Waals surface area contributed by atoms with Crippen LogP contribution in [0.1, 0.15) is 84.0 Å². The van der Waals surface area contributed by atoms with Gasteiger partial charge in [0.15, 0.2) is 5.75 Å². The van der Waals surface area contributed by atoms with Crippen LogP contribution in [0.4, 0.5) is 0 Å². The van der Waals surface area contributed by atoms with E-state index in [1.54, 1.807) is 6.92 Å². The molecule has 0 saturated carbocycles. The highest BCUT2D eigenvalue weighted by Gasteiger charge is 2.37. The maximum absolute atomic E-state index is 13.5. The summed E-state index contributed by atoms with van der Waals surface area (Å²) in [5, 5.41) is 8.98. The Hall–Kier alpha value is -3.96. The molecular weight excluding hydrogens is 580 g/mol. The summed E-state index contributed by atoms with van der Waals surface area (Å²) in [5.41, 5.74) is 7.74. The van der Waals surface area contributed by atoms with Crippen LogP contribution >= 0.6 is 0 Å². The smallest absolute Gasteiger partial charge is 0.386 e. The van der Waals surface area contributed by atoms with Gasteiger partial charge in [0, 0.05) is 24.6 Å². The fraction of sp³-hybridized carbons (Fsp3) is 0.424. The maximum Gasteiger partial charge on any atom is 0.386 e. The summed E-state index contributed by atoms with van der Waals surface area (Å²) >= 11 is 0. The molecule has 7 rings (SSSR count). The molecule has 0 radical (unpaired) electrons. The first-order chi connectivity index (χ1) is 21.1. The van der Waals surface area contributed by atoms with Crippen LogP contribution in [0.5, 0.6) is 11.5 Å². The highest BCUT2D eigenvalue weighted by molar-refractivity contribution is 7.84. The Morgan fingerprint density at radius 2 is 1.86 bits per heavy atom. The van der Waals surface area contributed by atoms with Crippen molar-refractivity contribution < 1.29 is 26.9 Å². The summed E-state index contributed by atoms with van der Waals surface area (Å²) in [6.07, 6.45) is 1.78. The van der Waals surface area contributed by atoms with Gasteiger partial charge in [-0.2, -0.15) is 12.7 Å². The Morgan fingerprint density at radius 3 is 2.66 bits per heavy atom. The lowest BCUT2D eigenvalue weighted by molar-refractivity contribution is -0.143. The molecule has 44 heavy (non-hydrogen) atoms. The minimum Gasteiger partial charge on any atom is -0.494 e. The van der Waals surface area contributed by atoms with Crippen LogP contribution < -0.4 is 8.92 Å². The summed E-state index contributed by atoms with van der Waals surface area (Å²) in [6, 6.07) is 13.2. The highest BCUT2D eigenvalue weighted by Crippen LogP contribution is 2.41. The van der Waals surface area contributed by atoms with Crippen LogP contribution in [0.2, 0.25) is 0 Å². The van der Waals surface area contributed by atoms with Gasteiger partial charge in [0.05, 0.1) is 31.2 Å². The van der Waals surface area contributed by atoms with E-state index in [4.69, 9.17) is 13.7 Å². The number of rotatable bonds is 3. The van der Waals surface area contributed by atoms with Gasteiger partial charge in [-0.15, -0.1) is 5.10 Å². The van der Waals surface area contributed by atoms with Crippen molar-refractivity contribution in [3.63, 3.8) is 0 Å². The molecule has 3 atom stereocenters. The van der Waals surface area contributed by atoms with Crippen molar-refractivity contribution in [1.29, 1.82) is 0 Å². The number of aromatic nitrogens is 3. The van der Waals surface area contributed by atoms with Gasteiger partial charge in [-0.05, 0) is 99.0 Å². The number of carbonyl (C=O) groups excluding carboxylic acids is 1. The van der Waals surface area contributed by atoms with Crippen LogP contribution in [-0.2, 0) is 32.9 Å². The zero-order chi connectivity index (χ0) is 31.2. The highest BCUT2D eigenvalue weighted by atomic mass is 32.2. The largest absolute Gasteiger partial charge is 0.494 e. The Balaban J connectivity index is 1.51. The van der Waals surface area contributed by atoms with Gasteiger partial charge < -0.3 is 13.7 Å². The topological polar surface area (TPSA) is 113 Å². The van der Waals surface area contributed by atoms with Crippen molar-refractivity contribution in [2.24, 2.45) is 0 Å². The maximum atomic E-state index is 13.5. The molecule has 4 heterocycles. The molecule has 11 heteroatoms. The number of nitrogens with zero attached hydrogens (tertiary/aromatic N) is 4. The van der Waals surface area contributed by atoms with E-state index >= 15 is 0 Å². The van der Waals surface area contributed by atoms with E-state index in [9.17, 15) is 13.2 Å². The SMILES string of the molecule is CCOC(=O)CC1c2ccc(C)c(c2)[C@@H](C)N2Cc3cc(cc(C)c3OS2(=O)=O)OCCCCn2nnc3c(C)c1ccc32. The quantitative estimate of drug-likeness (QED) is 0.264. The average Bonchev–Trinajstić information content (AvgIpc) is 3.39. The lowest BCUT2D eigenvalue weighted by Crippen LogP contribution is -2.40. The molecule has 0 aliphatic carbocycles. The number of fused-ring (bicyclic) bond motifs is 5. The van der Waals surface area contributed by atoms with Gasteiger partial charge in [-0.25, -0.2) is 4.68 Å². The van der Waals surface area contributed by atoms with Crippen molar-refractivity contribution >= 4 is 27.3 Å². The van der Waals surface area contributed by atoms with Crippen molar-refractivity contribution in [2.45, 2.75) is 78.9 Å². The van der Waals surface area contributed by atoms with Gasteiger partial charge >= 0.3 is 16.3 Å². The van der Waals surface area contributed by atoms with E-state index in [1.807, 2.05) is 74.8 Å². The zero-order valence-electron chi connectivity index (χ0n) is 25.8. The first kappa shape index (κ1) is 30.1. The van der Waals surface area contributed by atoms with Gasteiger partial charge in [-0.3, -0.25) is 4.79 Å². The first-order valence-electron chi connectivity index (χ1n) is 15.1. The molecule has 3 aliphatic heterocycles. The first-order valence-corrected chi connectivity index (χ1v) is 16.5. The molecule has 3 aliphatic rings. The molecule has 0 amide bonds. The van der Waals surface area contributed by atoms with Gasteiger partial charge in [0.2, 0.25) is 0 Å². The normalized spacial score (nSPS) is 21.2. The standard InChI is InChI=1S/C33H38N4O6S/c1-6-41-31(38)18-29-24-10-9-20(2)28(17-24)23(5)37-19-25-16-26(15-21(3)33(25)43-44(37,39)40)42-14-8-7-13-36-30-12-11-27(29)22(4)32(30)34-35-36/h9-12,15-17,23,29H,6-8,13-14,18-19H2,1-5H3/t23-,29?/m1/s1. The third kappa shape index (κ3) is 5.54. The second-order valence-electron chi connectivity index (χ2n) is 11.7. The van der Waals surface area contributed by atoms with Gasteiger partial charge in [-0.1, -0.05) is 29.5 Å². The minimum absolute atomic E-state index is 0.131. The minimum atomic E-state index is -4.09. The second-order valence-corrected chi connectivity index (χ2v) is 13.2. The third-order valence-electron chi connectivity index (χ3n) is 8.78. The molecule has 4 aromatic rings. The van der Waals surface area contributed by atoms with Crippen molar-refractivity contribution in [3.8, 4) is 11.5 Å². The molecular formula is C33H38N4O6S. The molecule has 9 bridgehead atoms. The monoisotopic (exact) mass is 618 g/mol. The van der Waals surface area contributed by atoms with Crippen molar-refractivity contribution in [1.82, 2.24) is 19.3 Å². The molecule has 232 valence electrons. The molecule has 1 aromatic heterocycles. The molecule has 0 spiro atoms. The van der Waals surface area contributed by atoms with E-state index in [-0.39, 0.29) is 31.5 Å². The summed E-state index contributed by atoms with van der Waals surface area (Å²) in [4.78, 5) is 12.9. The summed E-state index contributed by atoms with van der Waals surface area (Å²) in [7, 11) is -4.09. The van der Waals surface area contributed by atoms with E-state index in [1.165, 1.54) is 4.31 Å². The fourth-order valence-electron chi connectivity index (χ4n) is 6.42. The summed E-state index contributed by atoms with van der Waals surface area (Å²) in [6.45, 7) is 11.1. The number of benzene rings is 3. The summed E-state index contributed by atoms with van der Waals surface area (Å²) in [5.74, 6) is 0.400. The number of aryl methyl sites for hydroxylation is 4. The van der Waals surface area contributed by atoms with Gasteiger partial charge in [0.25, 0.3) is 0 Å². The number of hydrogen-bond donors (Lipinski definition) is 0. The zero-order valence-corrected chi connectivity index (χ0v) is 26.6. The number of carbonyl (C=O) groups is 1. The second kappa shape index (κ2) is 11.9. The average molecular weight is 619 g/mol. The molecule has 3 aromatic carbocycles. The predicted octanol–water partition coefficient (Wildman–Crippen LogP) is 5.81. The number of esters is 1. The van der Waals surface area contributed by atoms with E-state index in [0.29, 0.717) is 30.2 Å². The Bertz CT molecular complexity index is 1850. The molecule has 10 nitrogen and oxygen atoms in total. The third-order valence-corrected chi connectivity index (χ3v) is 10.2. The van der Waals surface area contributed by atoms with Crippen molar-refractivity contribution in [3.05, 3.63) is 81.4 Å². The van der Waals surface area contributed by atoms with Crippen LogP contribution in [-0.4, -0.2) is 46.9 Å². The van der Waals surface area contributed by atoms with Crippen LogP contribution in [0.25, 0.3) is 11.0 Å². The Kier molecular flexibility index (Phi) is 8.10. The van der Waals surface area contributed by atoms with Crippen molar-refractivity contribution in [2.75, 3.05) is 13.2 Å². The Labute approximate surface area is 258 Å². The lowest BCUT2D eigenvalue weighted by atomic mass is 9.83.